The van der Waals surface area contributed by atoms with E-state index in [2.05, 4.69) is 48.7 Å². The van der Waals surface area contributed by atoms with Crippen LogP contribution in [0.2, 0.25) is 5.02 Å². The third-order valence-electron chi connectivity index (χ3n) is 3.62. The first-order valence-electron chi connectivity index (χ1n) is 6.45. The van der Waals surface area contributed by atoms with Gasteiger partial charge in [0, 0.05) is 33.4 Å². The molecule has 0 bridgehead atoms. The van der Waals surface area contributed by atoms with Gasteiger partial charge >= 0.3 is 0 Å². The van der Waals surface area contributed by atoms with Gasteiger partial charge in [-0.2, -0.15) is 0 Å². The molecule has 0 saturated heterocycles. The van der Waals surface area contributed by atoms with Crippen molar-refractivity contribution in [3.63, 3.8) is 0 Å². The van der Waals surface area contributed by atoms with Crippen LogP contribution >= 0.6 is 11.6 Å². The molecule has 3 rings (SSSR count). The summed E-state index contributed by atoms with van der Waals surface area (Å²) >= 11 is 6.14. The predicted molar refractivity (Wildman–Crippen MR) is 79.5 cm³/mol. The molecule has 0 amide bonds. The second-order valence-electron chi connectivity index (χ2n) is 4.61. The predicted octanol–water partition coefficient (Wildman–Crippen LogP) is 5.03. The van der Waals surface area contributed by atoms with Crippen molar-refractivity contribution in [2.45, 2.75) is 26.8 Å². The van der Waals surface area contributed by atoms with Gasteiger partial charge in [0.2, 0.25) is 0 Å². The highest BCUT2D eigenvalue weighted by Gasteiger charge is 2.10. The lowest BCUT2D eigenvalue weighted by molar-refractivity contribution is 0.827. The summed E-state index contributed by atoms with van der Waals surface area (Å²) in [6.07, 6.45) is 1.06. The van der Waals surface area contributed by atoms with Crippen LogP contribution in [0.15, 0.2) is 36.4 Å². The SMILES string of the molecule is CCc1ccc2c(c1)c1cc(Cl)ccc1n2CC. The molecule has 0 aliphatic rings. The van der Waals surface area contributed by atoms with Gasteiger partial charge in [0.15, 0.2) is 0 Å². The summed E-state index contributed by atoms with van der Waals surface area (Å²) in [7, 11) is 0. The third kappa shape index (κ3) is 1.62. The van der Waals surface area contributed by atoms with E-state index in [1.165, 1.54) is 27.4 Å². The van der Waals surface area contributed by atoms with E-state index < -0.39 is 0 Å². The number of aromatic nitrogens is 1. The smallest absolute Gasteiger partial charge is 0.0492 e. The van der Waals surface area contributed by atoms with Crippen LogP contribution in [0, 0.1) is 0 Å². The van der Waals surface area contributed by atoms with Crippen LogP contribution in [0.25, 0.3) is 21.8 Å². The van der Waals surface area contributed by atoms with Crippen molar-refractivity contribution < 1.29 is 0 Å². The van der Waals surface area contributed by atoms with Crippen molar-refractivity contribution in [2.24, 2.45) is 0 Å². The average molecular weight is 258 g/mol. The van der Waals surface area contributed by atoms with Gasteiger partial charge in [-0.3, -0.25) is 0 Å². The van der Waals surface area contributed by atoms with E-state index in [1.54, 1.807) is 0 Å². The Morgan fingerprint density at radius 3 is 2.28 bits per heavy atom. The standard InChI is InChI=1S/C16H16ClN/c1-3-11-5-7-15-13(9-11)14-10-12(17)6-8-16(14)18(15)4-2/h5-10H,3-4H2,1-2H3. The van der Waals surface area contributed by atoms with Gasteiger partial charge in [-0.15, -0.1) is 0 Å². The molecule has 0 saturated carbocycles. The van der Waals surface area contributed by atoms with Crippen LogP contribution in [-0.2, 0) is 13.0 Å². The fraction of sp³-hybridized carbons (Fsp3) is 0.250. The van der Waals surface area contributed by atoms with Crippen LogP contribution in [0.5, 0.6) is 0 Å². The molecule has 3 aromatic rings. The van der Waals surface area contributed by atoms with Crippen LogP contribution < -0.4 is 0 Å². The summed E-state index contributed by atoms with van der Waals surface area (Å²) < 4.78 is 2.35. The molecule has 0 fully saturated rings. The number of fused-ring (bicyclic) bond motifs is 3. The maximum Gasteiger partial charge on any atom is 0.0492 e. The first kappa shape index (κ1) is 11.6. The molecule has 92 valence electrons. The highest BCUT2D eigenvalue weighted by atomic mass is 35.5. The number of nitrogens with zero attached hydrogens (tertiary/aromatic N) is 1. The highest BCUT2D eigenvalue weighted by Crippen LogP contribution is 2.31. The van der Waals surface area contributed by atoms with Crippen molar-refractivity contribution in [1.82, 2.24) is 4.57 Å². The van der Waals surface area contributed by atoms with Gasteiger partial charge in [-0.25, -0.2) is 0 Å². The number of benzene rings is 2. The Bertz CT molecular complexity index is 725. The van der Waals surface area contributed by atoms with Gasteiger partial charge in [0.1, 0.15) is 0 Å². The van der Waals surface area contributed by atoms with Crippen LogP contribution in [-0.4, -0.2) is 4.57 Å². The normalized spacial score (nSPS) is 11.5. The number of halogens is 1. The minimum Gasteiger partial charge on any atom is -0.341 e. The van der Waals surface area contributed by atoms with Gasteiger partial charge in [0.05, 0.1) is 0 Å². The number of aryl methyl sites for hydroxylation is 2. The van der Waals surface area contributed by atoms with Gasteiger partial charge in [0.25, 0.3) is 0 Å². The first-order chi connectivity index (χ1) is 8.74. The monoisotopic (exact) mass is 257 g/mol. The van der Waals surface area contributed by atoms with E-state index >= 15 is 0 Å². The highest BCUT2D eigenvalue weighted by molar-refractivity contribution is 6.31. The van der Waals surface area contributed by atoms with E-state index in [0.29, 0.717) is 0 Å². The zero-order valence-electron chi connectivity index (χ0n) is 10.7. The van der Waals surface area contributed by atoms with Crippen molar-refractivity contribution in [3.8, 4) is 0 Å². The minimum absolute atomic E-state index is 0.805. The molecule has 0 aliphatic carbocycles. The third-order valence-corrected chi connectivity index (χ3v) is 3.85. The van der Waals surface area contributed by atoms with Gasteiger partial charge < -0.3 is 4.57 Å². The van der Waals surface area contributed by atoms with Crippen molar-refractivity contribution >= 4 is 33.4 Å². The van der Waals surface area contributed by atoms with Gasteiger partial charge in [-0.05, 0) is 49.2 Å². The molecule has 2 heteroatoms. The summed E-state index contributed by atoms with van der Waals surface area (Å²) in [6.45, 7) is 5.35. The summed E-state index contributed by atoms with van der Waals surface area (Å²) in [4.78, 5) is 0. The summed E-state index contributed by atoms with van der Waals surface area (Å²) in [5.74, 6) is 0. The van der Waals surface area contributed by atoms with Crippen LogP contribution in [0.4, 0.5) is 0 Å². The van der Waals surface area contributed by atoms with Gasteiger partial charge in [-0.1, -0.05) is 24.6 Å². The second-order valence-corrected chi connectivity index (χ2v) is 5.05. The largest absolute Gasteiger partial charge is 0.341 e. The average Bonchev–Trinajstić information content (AvgIpc) is 2.71. The topological polar surface area (TPSA) is 4.93 Å². The molecule has 0 atom stereocenters. The second kappa shape index (κ2) is 4.33. The minimum atomic E-state index is 0.805. The van der Waals surface area contributed by atoms with E-state index in [4.69, 9.17) is 11.6 Å². The van der Waals surface area contributed by atoms with Crippen LogP contribution in [0.1, 0.15) is 19.4 Å². The quantitative estimate of drug-likeness (QED) is 0.607. The lowest BCUT2D eigenvalue weighted by Gasteiger charge is -2.03. The zero-order valence-corrected chi connectivity index (χ0v) is 11.5. The van der Waals surface area contributed by atoms with Crippen molar-refractivity contribution in [3.05, 3.63) is 47.0 Å². The molecule has 0 N–H and O–H groups in total. The molecule has 18 heavy (non-hydrogen) atoms. The Morgan fingerprint density at radius 1 is 0.944 bits per heavy atom. The molecule has 0 spiro atoms. The van der Waals surface area contributed by atoms with Crippen molar-refractivity contribution in [2.75, 3.05) is 0 Å². The Balaban J connectivity index is 2.49. The summed E-state index contributed by atoms with van der Waals surface area (Å²) in [6, 6.07) is 12.9. The first-order valence-corrected chi connectivity index (χ1v) is 6.82. The Labute approximate surface area is 112 Å². The molecule has 2 aromatic carbocycles. The molecule has 0 unspecified atom stereocenters. The van der Waals surface area contributed by atoms with E-state index in [9.17, 15) is 0 Å². The molecular formula is C16H16ClN. The molecule has 0 aliphatic heterocycles. The Hall–Kier alpha value is -1.47. The number of rotatable bonds is 2. The lowest BCUT2D eigenvalue weighted by atomic mass is 10.1. The summed E-state index contributed by atoms with van der Waals surface area (Å²) in [5, 5.41) is 3.38. The van der Waals surface area contributed by atoms with E-state index in [-0.39, 0.29) is 0 Å². The Morgan fingerprint density at radius 2 is 1.61 bits per heavy atom. The van der Waals surface area contributed by atoms with E-state index in [1.807, 2.05) is 6.07 Å². The fourth-order valence-corrected chi connectivity index (χ4v) is 2.86. The lowest BCUT2D eigenvalue weighted by Crippen LogP contribution is -1.92. The van der Waals surface area contributed by atoms with E-state index in [0.717, 1.165) is 18.0 Å². The molecule has 0 radical (unpaired) electrons. The summed E-state index contributed by atoms with van der Waals surface area (Å²) in [5.41, 5.74) is 3.94. The molecule has 1 nitrogen and oxygen atoms in total. The maximum absolute atomic E-state index is 6.14. The fourth-order valence-electron chi connectivity index (χ4n) is 2.68. The zero-order chi connectivity index (χ0) is 12.7. The van der Waals surface area contributed by atoms with Crippen LogP contribution in [0.3, 0.4) is 0 Å². The number of hydrogen-bond acceptors (Lipinski definition) is 0. The molecule has 1 heterocycles. The number of hydrogen-bond donors (Lipinski definition) is 0. The van der Waals surface area contributed by atoms with Crippen molar-refractivity contribution in [1.29, 1.82) is 0 Å². The molecular weight excluding hydrogens is 242 g/mol. The molecule has 1 aromatic heterocycles. The Kier molecular flexibility index (Phi) is 2.79. The maximum atomic E-state index is 6.14.